The summed E-state index contributed by atoms with van der Waals surface area (Å²) >= 11 is 0. The van der Waals surface area contributed by atoms with Crippen LogP contribution in [0.5, 0.6) is 0 Å². The summed E-state index contributed by atoms with van der Waals surface area (Å²) in [6.07, 6.45) is 0. The number of hydrogen-bond donors (Lipinski definition) is 1. The lowest BCUT2D eigenvalue weighted by Crippen LogP contribution is -2.05. The quantitative estimate of drug-likeness (QED) is 0.609. The maximum atomic E-state index is 4.77. The molecule has 0 saturated heterocycles. The standard InChI is InChI=1S/C18H17N5/c1-11-8-9-12(2)16(10-11)20-18-19-15-7-5-4-6-14(15)17-22-21-13(3)23(17)18/h4-10H,1-3H3,(H,19,20). The van der Waals surface area contributed by atoms with Gasteiger partial charge in [-0.1, -0.05) is 24.3 Å². The molecule has 4 aromatic rings. The van der Waals surface area contributed by atoms with Crippen LogP contribution in [-0.2, 0) is 0 Å². The van der Waals surface area contributed by atoms with Gasteiger partial charge in [0.25, 0.3) is 0 Å². The number of rotatable bonds is 2. The van der Waals surface area contributed by atoms with Crippen molar-refractivity contribution in [2.45, 2.75) is 20.8 Å². The minimum Gasteiger partial charge on any atom is -0.325 e. The van der Waals surface area contributed by atoms with Crippen LogP contribution in [0.1, 0.15) is 17.0 Å². The Hall–Kier alpha value is -2.95. The molecule has 0 aliphatic heterocycles. The molecule has 0 aliphatic carbocycles. The second-order valence-corrected chi connectivity index (χ2v) is 5.80. The number of benzene rings is 2. The van der Waals surface area contributed by atoms with Gasteiger partial charge in [-0.15, -0.1) is 10.2 Å². The van der Waals surface area contributed by atoms with Crippen LogP contribution < -0.4 is 5.32 Å². The minimum absolute atomic E-state index is 0.731. The van der Waals surface area contributed by atoms with Crippen LogP contribution in [0.4, 0.5) is 11.6 Å². The van der Waals surface area contributed by atoms with Gasteiger partial charge < -0.3 is 5.32 Å². The Morgan fingerprint density at radius 2 is 1.78 bits per heavy atom. The summed E-state index contributed by atoms with van der Waals surface area (Å²) in [7, 11) is 0. The molecule has 0 aliphatic rings. The van der Waals surface area contributed by atoms with E-state index in [-0.39, 0.29) is 0 Å². The van der Waals surface area contributed by atoms with Gasteiger partial charge in [-0.25, -0.2) is 9.38 Å². The SMILES string of the molecule is Cc1ccc(C)c(Nc2nc3ccccc3c3nnc(C)n23)c1. The van der Waals surface area contributed by atoms with Gasteiger partial charge in [-0.2, -0.15) is 0 Å². The number of hydrogen-bond acceptors (Lipinski definition) is 4. The molecule has 2 aromatic carbocycles. The van der Waals surface area contributed by atoms with Crippen LogP contribution >= 0.6 is 0 Å². The van der Waals surface area contributed by atoms with E-state index in [4.69, 9.17) is 4.98 Å². The second-order valence-electron chi connectivity index (χ2n) is 5.80. The number of fused-ring (bicyclic) bond motifs is 3. The average Bonchev–Trinajstić information content (AvgIpc) is 2.94. The summed E-state index contributed by atoms with van der Waals surface area (Å²) in [4.78, 5) is 4.77. The van der Waals surface area contributed by atoms with Crippen LogP contribution in [0.3, 0.4) is 0 Å². The molecule has 4 rings (SSSR count). The molecular weight excluding hydrogens is 286 g/mol. The van der Waals surface area contributed by atoms with Gasteiger partial charge in [0.2, 0.25) is 5.95 Å². The van der Waals surface area contributed by atoms with E-state index < -0.39 is 0 Å². The van der Waals surface area contributed by atoms with E-state index in [1.54, 1.807) is 0 Å². The molecule has 114 valence electrons. The first-order valence-electron chi connectivity index (χ1n) is 7.58. The summed E-state index contributed by atoms with van der Waals surface area (Å²) in [6, 6.07) is 14.3. The van der Waals surface area contributed by atoms with E-state index in [2.05, 4.69) is 47.6 Å². The van der Waals surface area contributed by atoms with Crippen LogP contribution in [0, 0.1) is 20.8 Å². The highest BCUT2D eigenvalue weighted by molar-refractivity contribution is 5.92. The zero-order chi connectivity index (χ0) is 16.0. The Morgan fingerprint density at radius 3 is 2.65 bits per heavy atom. The minimum atomic E-state index is 0.731. The van der Waals surface area contributed by atoms with E-state index >= 15 is 0 Å². The van der Waals surface area contributed by atoms with Crippen LogP contribution in [-0.4, -0.2) is 19.6 Å². The Bertz CT molecular complexity index is 1030. The molecular formula is C18H17N5. The van der Waals surface area contributed by atoms with Gasteiger partial charge in [0.1, 0.15) is 5.82 Å². The smallest absolute Gasteiger partial charge is 0.215 e. The molecule has 5 nitrogen and oxygen atoms in total. The van der Waals surface area contributed by atoms with Gasteiger partial charge in [-0.05, 0) is 50.1 Å². The van der Waals surface area contributed by atoms with Gasteiger partial charge in [-0.3, -0.25) is 0 Å². The van der Waals surface area contributed by atoms with Gasteiger partial charge in [0.15, 0.2) is 5.65 Å². The van der Waals surface area contributed by atoms with Crippen molar-refractivity contribution in [2.75, 3.05) is 5.32 Å². The lowest BCUT2D eigenvalue weighted by molar-refractivity contribution is 0.994. The maximum absolute atomic E-state index is 4.77. The van der Waals surface area contributed by atoms with Crippen molar-refractivity contribution < 1.29 is 0 Å². The monoisotopic (exact) mass is 303 g/mol. The number of aryl methyl sites for hydroxylation is 3. The lowest BCUT2D eigenvalue weighted by Gasteiger charge is -2.13. The number of nitrogens with zero attached hydrogens (tertiary/aromatic N) is 4. The number of anilines is 2. The lowest BCUT2D eigenvalue weighted by atomic mass is 10.1. The molecule has 23 heavy (non-hydrogen) atoms. The van der Waals surface area contributed by atoms with E-state index in [0.29, 0.717) is 0 Å². The summed E-state index contributed by atoms with van der Waals surface area (Å²) in [5, 5.41) is 13.0. The molecule has 5 heteroatoms. The molecule has 0 unspecified atom stereocenters. The van der Waals surface area contributed by atoms with Crippen molar-refractivity contribution in [1.82, 2.24) is 19.6 Å². The molecule has 1 N–H and O–H groups in total. The number of aromatic nitrogens is 4. The zero-order valence-corrected chi connectivity index (χ0v) is 13.3. The summed E-state index contributed by atoms with van der Waals surface area (Å²) in [5.74, 6) is 1.54. The third kappa shape index (κ3) is 2.21. The molecule has 0 bridgehead atoms. The highest BCUT2D eigenvalue weighted by Crippen LogP contribution is 2.25. The fourth-order valence-corrected chi connectivity index (χ4v) is 2.79. The maximum Gasteiger partial charge on any atom is 0.215 e. The molecule has 0 radical (unpaired) electrons. The number of nitrogens with one attached hydrogen (secondary N) is 1. The fourth-order valence-electron chi connectivity index (χ4n) is 2.79. The van der Waals surface area contributed by atoms with Crippen molar-refractivity contribution in [3.63, 3.8) is 0 Å². The van der Waals surface area contributed by atoms with Gasteiger partial charge >= 0.3 is 0 Å². The van der Waals surface area contributed by atoms with E-state index in [1.165, 1.54) is 11.1 Å². The normalized spacial score (nSPS) is 11.3. The largest absolute Gasteiger partial charge is 0.325 e. The van der Waals surface area contributed by atoms with Gasteiger partial charge in [0.05, 0.1) is 5.52 Å². The van der Waals surface area contributed by atoms with Crippen molar-refractivity contribution in [2.24, 2.45) is 0 Å². The Kier molecular flexibility index (Phi) is 3.01. The highest BCUT2D eigenvalue weighted by atomic mass is 15.3. The number of para-hydroxylation sites is 1. The third-order valence-electron chi connectivity index (χ3n) is 4.05. The first-order valence-corrected chi connectivity index (χ1v) is 7.58. The van der Waals surface area contributed by atoms with Gasteiger partial charge in [0, 0.05) is 11.1 Å². The summed E-state index contributed by atoms with van der Waals surface area (Å²) < 4.78 is 1.96. The Labute approximate surface area is 134 Å². The third-order valence-corrected chi connectivity index (χ3v) is 4.05. The molecule has 0 saturated carbocycles. The first kappa shape index (κ1) is 13.7. The predicted molar refractivity (Wildman–Crippen MR) is 92.2 cm³/mol. The molecule has 2 aromatic heterocycles. The van der Waals surface area contributed by atoms with Crippen molar-refractivity contribution in [1.29, 1.82) is 0 Å². The molecule has 0 amide bonds. The molecule has 0 spiro atoms. The van der Waals surface area contributed by atoms with Crippen LogP contribution in [0.15, 0.2) is 42.5 Å². The van der Waals surface area contributed by atoms with Crippen LogP contribution in [0.25, 0.3) is 16.6 Å². The summed E-state index contributed by atoms with van der Waals surface area (Å²) in [6.45, 7) is 6.10. The Morgan fingerprint density at radius 1 is 0.957 bits per heavy atom. The van der Waals surface area contributed by atoms with E-state index in [1.807, 2.05) is 35.6 Å². The topological polar surface area (TPSA) is 55.1 Å². The van der Waals surface area contributed by atoms with Crippen molar-refractivity contribution in [3.05, 3.63) is 59.4 Å². The average molecular weight is 303 g/mol. The first-order chi connectivity index (χ1) is 11.1. The second kappa shape index (κ2) is 5.05. The van der Waals surface area contributed by atoms with E-state index in [0.717, 1.165) is 34.0 Å². The fraction of sp³-hybridized carbons (Fsp3) is 0.167. The van der Waals surface area contributed by atoms with E-state index in [9.17, 15) is 0 Å². The Balaban J connectivity index is 1.97. The molecule has 0 fully saturated rings. The van der Waals surface area contributed by atoms with Crippen molar-refractivity contribution in [3.8, 4) is 0 Å². The summed E-state index contributed by atoms with van der Waals surface area (Å²) in [5.41, 5.74) is 5.14. The van der Waals surface area contributed by atoms with Crippen LogP contribution in [0.2, 0.25) is 0 Å². The predicted octanol–water partition coefficient (Wildman–Crippen LogP) is 3.95. The highest BCUT2D eigenvalue weighted by Gasteiger charge is 2.13. The zero-order valence-electron chi connectivity index (χ0n) is 13.3. The molecule has 0 atom stereocenters. The molecule has 2 heterocycles. The van der Waals surface area contributed by atoms with Crippen molar-refractivity contribution >= 4 is 28.2 Å².